The highest BCUT2D eigenvalue weighted by atomic mass is 14.9. The van der Waals surface area contributed by atoms with Crippen molar-refractivity contribution in [2.45, 2.75) is 77.7 Å². The molecule has 2 aliphatic rings. The average Bonchev–Trinajstić information content (AvgIpc) is 2.40. The van der Waals surface area contributed by atoms with Crippen molar-refractivity contribution in [1.82, 2.24) is 5.32 Å². The van der Waals surface area contributed by atoms with Crippen LogP contribution in [0.2, 0.25) is 0 Å². The van der Waals surface area contributed by atoms with E-state index in [1.54, 1.807) is 0 Å². The monoisotopic (exact) mass is 237 g/mol. The highest BCUT2D eigenvalue weighted by Gasteiger charge is 2.31. The number of fused-ring (bicyclic) bond motifs is 1. The van der Waals surface area contributed by atoms with Crippen molar-refractivity contribution in [2.24, 2.45) is 17.8 Å². The van der Waals surface area contributed by atoms with E-state index in [-0.39, 0.29) is 0 Å². The van der Waals surface area contributed by atoms with E-state index >= 15 is 0 Å². The van der Waals surface area contributed by atoms with E-state index < -0.39 is 0 Å². The van der Waals surface area contributed by atoms with Crippen LogP contribution in [0.3, 0.4) is 0 Å². The number of hydrogen-bond acceptors (Lipinski definition) is 1. The molecule has 2 aliphatic carbocycles. The van der Waals surface area contributed by atoms with Gasteiger partial charge in [-0.2, -0.15) is 0 Å². The van der Waals surface area contributed by atoms with Gasteiger partial charge in [-0.1, -0.05) is 52.4 Å². The summed E-state index contributed by atoms with van der Waals surface area (Å²) < 4.78 is 0. The molecule has 0 heterocycles. The van der Waals surface area contributed by atoms with Gasteiger partial charge < -0.3 is 5.32 Å². The maximum Gasteiger partial charge on any atom is 0.00700 e. The van der Waals surface area contributed by atoms with Crippen LogP contribution in [-0.2, 0) is 0 Å². The maximum atomic E-state index is 3.86. The Labute approximate surface area is 108 Å². The van der Waals surface area contributed by atoms with Gasteiger partial charge in [-0.15, -0.1) is 0 Å². The smallest absolute Gasteiger partial charge is 0.00700 e. The third-order valence-electron chi connectivity index (χ3n) is 5.39. The van der Waals surface area contributed by atoms with Crippen molar-refractivity contribution in [2.75, 3.05) is 6.54 Å². The quantitative estimate of drug-likeness (QED) is 0.748. The molecule has 3 atom stereocenters. The highest BCUT2D eigenvalue weighted by molar-refractivity contribution is 4.86. The van der Waals surface area contributed by atoms with Gasteiger partial charge in [0.2, 0.25) is 0 Å². The summed E-state index contributed by atoms with van der Waals surface area (Å²) in [7, 11) is 0. The lowest BCUT2D eigenvalue weighted by molar-refractivity contribution is 0.141. The largest absolute Gasteiger partial charge is 0.314 e. The molecular formula is C16H31N. The zero-order chi connectivity index (χ0) is 12.1. The molecule has 0 aromatic carbocycles. The second-order valence-corrected chi connectivity index (χ2v) is 6.41. The maximum absolute atomic E-state index is 3.86. The van der Waals surface area contributed by atoms with Crippen molar-refractivity contribution in [3.05, 3.63) is 0 Å². The molecule has 0 saturated heterocycles. The number of nitrogens with one attached hydrogen (secondary N) is 1. The number of rotatable bonds is 5. The van der Waals surface area contributed by atoms with E-state index in [0.717, 1.165) is 23.8 Å². The van der Waals surface area contributed by atoms with E-state index in [0.29, 0.717) is 0 Å². The lowest BCUT2D eigenvalue weighted by atomic mass is 9.69. The van der Waals surface area contributed by atoms with Gasteiger partial charge in [0.05, 0.1) is 0 Å². The van der Waals surface area contributed by atoms with Gasteiger partial charge >= 0.3 is 0 Å². The summed E-state index contributed by atoms with van der Waals surface area (Å²) in [6.07, 6.45) is 13.2. The van der Waals surface area contributed by atoms with Crippen LogP contribution >= 0.6 is 0 Å². The standard InChI is InChI=1S/C16H31N/c1-3-13(4-2)12-17-16-10-9-14-7-5-6-8-15(14)11-16/h13-17H,3-12H2,1-2H3. The Morgan fingerprint density at radius 1 is 0.941 bits per heavy atom. The Bertz CT molecular complexity index is 210. The first kappa shape index (κ1) is 13.4. The molecule has 0 bridgehead atoms. The fraction of sp³-hybridized carbons (Fsp3) is 1.00. The van der Waals surface area contributed by atoms with Crippen molar-refractivity contribution < 1.29 is 0 Å². The van der Waals surface area contributed by atoms with Crippen LogP contribution < -0.4 is 5.32 Å². The van der Waals surface area contributed by atoms with Crippen LogP contribution in [0.15, 0.2) is 0 Å². The average molecular weight is 237 g/mol. The Morgan fingerprint density at radius 3 is 2.35 bits per heavy atom. The van der Waals surface area contributed by atoms with Gasteiger partial charge in [0.1, 0.15) is 0 Å². The Kier molecular flexibility index (Phi) is 5.34. The van der Waals surface area contributed by atoms with Gasteiger partial charge in [0, 0.05) is 6.04 Å². The van der Waals surface area contributed by atoms with E-state index in [1.807, 2.05) is 0 Å². The van der Waals surface area contributed by atoms with Crippen LogP contribution in [0.4, 0.5) is 0 Å². The molecule has 1 nitrogen and oxygen atoms in total. The number of hydrogen-bond donors (Lipinski definition) is 1. The van der Waals surface area contributed by atoms with Crippen LogP contribution in [0.25, 0.3) is 0 Å². The zero-order valence-electron chi connectivity index (χ0n) is 11.9. The summed E-state index contributed by atoms with van der Waals surface area (Å²) in [6, 6.07) is 0.843. The van der Waals surface area contributed by atoms with Crippen molar-refractivity contribution >= 4 is 0 Å². The molecule has 100 valence electrons. The fourth-order valence-electron chi connectivity index (χ4n) is 3.97. The first-order chi connectivity index (χ1) is 8.33. The molecule has 0 radical (unpaired) electrons. The lowest BCUT2D eigenvalue weighted by Gasteiger charge is -2.40. The van der Waals surface area contributed by atoms with Crippen molar-refractivity contribution in [3.8, 4) is 0 Å². The predicted molar refractivity (Wildman–Crippen MR) is 75.2 cm³/mol. The fourth-order valence-corrected chi connectivity index (χ4v) is 3.97. The molecule has 2 saturated carbocycles. The molecule has 1 heteroatoms. The first-order valence-corrected chi connectivity index (χ1v) is 8.06. The van der Waals surface area contributed by atoms with Gasteiger partial charge in [0.25, 0.3) is 0 Å². The molecular weight excluding hydrogens is 206 g/mol. The van der Waals surface area contributed by atoms with E-state index in [1.165, 1.54) is 64.3 Å². The summed E-state index contributed by atoms with van der Waals surface area (Å²) in [5, 5.41) is 3.86. The molecule has 0 aromatic heterocycles. The molecule has 17 heavy (non-hydrogen) atoms. The topological polar surface area (TPSA) is 12.0 Å². The molecule has 0 aliphatic heterocycles. The first-order valence-electron chi connectivity index (χ1n) is 8.06. The van der Waals surface area contributed by atoms with E-state index in [2.05, 4.69) is 19.2 Å². The predicted octanol–water partition coefficient (Wildman–Crippen LogP) is 4.37. The molecule has 0 spiro atoms. The second kappa shape index (κ2) is 6.78. The SMILES string of the molecule is CCC(CC)CNC1CCC2CCCCC2C1. The van der Waals surface area contributed by atoms with Gasteiger partial charge in [-0.3, -0.25) is 0 Å². The third-order valence-corrected chi connectivity index (χ3v) is 5.39. The molecule has 1 N–H and O–H groups in total. The normalized spacial score (nSPS) is 33.7. The molecule has 2 fully saturated rings. The van der Waals surface area contributed by atoms with E-state index in [4.69, 9.17) is 0 Å². The van der Waals surface area contributed by atoms with Crippen LogP contribution in [0, 0.1) is 17.8 Å². The van der Waals surface area contributed by atoms with Crippen molar-refractivity contribution in [1.29, 1.82) is 0 Å². The minimum absolute atomic E-state index is 0.843. The minimum atomic E-state index is 0.843. The Hall–Kier alpha value is -0.0400. The summed E-state index contributed by atoms with van der Waals surface area (Å²) >= 11 is 0. The molecule has 3 unspecified atom stereocenters. The van der Waals surface area contributed by atoms with Crippen LogP contribution in [0.1, 0.15) is 71.6 Å². The van der Waals surface area contributed by atoms with E-state index in [9.17, 15) is 0 Å². The summed E-state index contributed by atoms with van der Waals surface area (Å²) in [4.78, 5) is 0. The van der Waals surface area contributed by atoms with Crippen molar-refractivity contribution in [3.63, 3.8) is 0 Å². The molecule has 2 rings (SSSR count). The molecule has 0 amide bonds. The van der Waals surface area contributed by atoms with Crippen LogP contribution in [0.5, 0.6) is 0 Å². The summed E-state index contributed by atoms with van der Waals surface area (Å²) in [6.45, 7) is 5.91. The summed E-state index contributed by atoms with van der Waals surface area (Å²) in [5.74, 6) is 3.06. The highest BCUT2D eigenvalue weighted by Crippen LogP contribution is 2.40. The minimum Gasteiger partial charge on any atom is -0.314 e. The Balaban J connectivity index is 1.72. The Morgan fingerprint density at radius 2 is 1.65 bits per heavy atom. The van der Waals surface area contributed by atoms with Crippen LogP contribution in [-0.4, -0.2) is 12.6 Å². The lowest BCUT2D eigenvalue weighted by Crippen LogP contribution is -2.40. The summed E-state index contributed by atoms with van der Waals surface area (Å²) in [5.41, 5.74) is 0. The zero-order valence-corrected chi connectivity index (χ0v) is 11.9. The van der Waals surface area contributed by atoms with Gasteiger partial charge in [-0.05, 0) is 43.6 Å². The molecule has 0 aromatic rings. The second-order valence-electron chi connectivity index (χ2n) is 6.41. The van der Waals surface area contributed by atoms with Gasteiger partial charge in [-0.25, -0.2) is 0 Å². The third kappa shape index (κ3) is 3.71. The van der Waals surface area contributed by atoms with Gasteiger partial charge in [0.15, 0.2) is 0 Å².